The molecule has 3 rings (SSSR count). The zero-order valence-electron chi connectivity index (χ0n) is 11.6. The van der Waals surface area contributed by atoms with Gasteiger partial charge in [-0.2, -0.15) is 0 Å². The Kier molecular flexibility index (Phi) is 3.97. The number of aromatic nitrogens is 3. The zero-order valence-corrected chi connectivity index (χ0v) is 12.4. The van der Waals surface area contributed by atoms with E-state index >= 15 is 0 Å². The fraction of sp³-hybridized carbons (Fsp3) is 0.200. The molecule has 0 fully saturated rings. The maximum atomic E-state index is 12.4. The van der Waals surface area contributed by atoms with E-state index in [1.165, 1.54) is 16.0 Å². The average molecular weight is 315 g/mol. The van der Waals surface area contributed by atoms with Crippen LogP contribution >= 0.6 is 11.3 Å². The lowest BCUT2D eigenvalue weighted by molar-refractivity contribution is -0.137. The van der Waals surface area contributed by atoms with E-state index in [-0.39, 0.29) is 18.5 Å². The fourth-order valence-corrected chi connectivity index (χ4v) is 3.13. The van der Waals surface area contributed by atoms with Crippen LogP contribution in [0.3, 0.4) is 0 Å². The van der Waals surface area contributed by atoms with Gasteiger partial charge in [0, 0.05) is 17.8 Å². The summed E-state index contributed by atoms with van der Waals surface area (Å²) in [5.74, 6) is -0.885. The van der Waals surface area contributed by atoms with Gasteiger partial charge >= 0.3 is 5.97 Å². The van der Waals surface area contributed by atoms with Crippen LogP contribution in [0.2, 0.25) is 0 Å². The van der Waals surface area contributed by atoms with Crippen molar-refractivity contribution in [2.24, 2.45) is 0 Å². The molecule has 22 heavy (non-hydrogen) atoms. The molecule has 2 heterocycles. The average Bonchev–Trinajstić information content (AvgIpc) is 2.95. The molecule has 0 amide bonds. The maximum Gasteiger partial charge on any atom is 0.303 e. The number of carbonyl (C=O) groups is 1. The zero-order chi connectivity index (χ0) is 15.5. The number of carboxylic acid groups (broad SMARTS) is 1. The van der Waals surface area contributed by atoms with E-state index in [4.69, 9.17) is 5.11 Å². The largest absolute Gasteiger partial charge is 0.481 e. The lowest BCUT2D eigenvalue weighted by atomic mass is 10.2. The molecule has 112 valence electrons. The molecular formula is C15H13N3O3S. The number of aliphatic carboxylic acids is 1. The van der Waals surface area contributed by atoms with E-state index in [1.807, 2.05) is 36.4 Å². The first-order valence-electron chi connectivity index (χ1n) is 6.80. The number of carboxylic acids is 1. The summed E-state index contributed by atoms with van der Waals surface area (Å²) in [6.45, 7) is 0.255. The van der Waals surface area contributed by atoms with Gasteiger partial charge in [0.25, 0.3) is 5.56 Å². The highest BCUT2D eigenvalue weighted by Crippen LogP contribution is 2.30. The SMILES string of the molecule is O=C(O)CCCn1nnc2sc(-c3ccccc3)cc2c1=O. The van der Waals surface area contributed by atoms with Gasteiger partial charge in [-0.05, 0) is 18.1 Å². The highest BCUT2D eigenvalue weighted by Gasteiger charge is 2.11. The van der Waals surface area contributed by atoms with Crippen molar-refractivity contribution in [1.82, 2.24) is 15.0 Å². The molecule has 0 atom stereocenters. The summed E-state index contributed by atoms with van der Waals surface area (Å²) in [6, 6.07) is 11.6. The van der Waals surface area contributed by atoms with Gasteiger partial charge in [0.1, 0.15) is 0 Å². The second kappa shape index (κ2) is 6.07. The van der Waals surface area contributed by atoms with Crippen molar-refractivity contribution >= 4 is 27.5 Å². The Morgan fingerprint density at radius 2 is 2.05 bits per heavy atom. The summed E-state index contributed by atoms with van der Waals surface area (Å²) >= 11 is 1.42. The third-order valence-electron chi connectivity index (χ3n) is 3.24. The smallest absolute Gasteiger partial charge is 0.303 e. The minimum Gasteiger partial charge on any atom is -0.481 e. The summed E-state index contributed by atoms with van der Waals surface area (Å²) in [5.41, 5.74) is 0.802. The Balaban J connectivity index is 1.94. The Labute approximate surface area is 129 Å². The topological polar surface area (TPSA) is 85.1 Å². The predicted molar refractivity (Wildman–Crippen MR) is 84.0 cm³/mol. The van der Waals surface area contributed by atoms with Crippen molar-refractivity contribution in [1.29, 1.82) is 0 Å². The fourth-order valence-electron chi connectivity index (χ4n) is 2.15. The van der Waals surface area contributed by atoms with Gasteiger partial charge in [0.15, 0.2) is 4.83 Å². The van der Waals surface area contributed by atoms with Crippen LogP contribution in [0, 0.1) is 0 Å². The molecule has 1 N–H and O–H groups in total. The molecule has 6 nitrogen and oxygen atoms in total. The molecule has 0 unspecified atom stereocenters. The van der Waals surface area contributed by atoms with Crippen LogP contribution < -0.4 is 5.56 Å². The van der Waals surface area contributed by atoms with Gasteiger partial charge in [-0.3, -0.25) is 9.59 Å². The molecule has 0 saturated carbocycles. The number of benzene rings is 1. The van der Waals surface area contributed by atoms with Crippen molar-refractivity contribution in [2.45, 2.75) is 19.4 Å². The molecular weight excluding hydrogens is 302 g/mol. The summed E-state index contributed by atoms with van der Waals surface area (Å²) in [5, 5.41) is 17.1. The predicted octanol–water partition coefficient (Wildman–Crippen LogP) is 2.38. The highest BCUT2D eigenvalue weighted by molar-refractivity contribution is 7.21. The molecule has 1 aromatic carbocycles. The summed E-state index contributed by atoms with van der Waals surface area (Å²) in [7, 11) is 0. The third kappa shape index (κ3) is 2.89. The molecule has 0 radical (unpaired) electrons. The number of rotatable bonds is 5. The molecule has 0 bridgehead atoms. The third-order valence-corrected chi connectivity index (χ3v) is 4.31. The first-order valence-corrected chi connectivity index (χ1v) is 7.61. The van der Waals surface area contributed by atoms with Crippen molar-refractivity contribution in [3.63, 3.8) is 0 Å². The highest BCUT2D eigenvalue weighted by atomic mass is 32.1. The number of hydrogen-bond donors (Lipinski definition) is 1. The Hall–Kier alpha value is -2.54. The molecule has 2 aromatic heterocycles. The van der Waals surface area contributed by atoms with E-state index in [9.17, 15) is 9.59 Å². The van der Waals surface area contributed by atoms with Gasteiger partial charge in [0.05, 0.1) is 5.39 Å². The molecule has 3 aromatic rings. The van der Waals surface area contributed by atoms with Crippen LogP contribution in [0.1, 0.15) is 12.8 Å². The van der Waals surface area contributed by atoms with Crippen LogP contribution in [0.25, 0.3) is 20.7 Å². The molecule has 7 heteroatoms. The lowest BCUT2D eigenvalue weighted by Gasteiger charge is -2.00. The minimum absolute atomic E-state index is 0.00502. The monoisotopic (exact) mass is 315 g/mol. The Morgan fingerprint density at radius 1 is 1.27 bits per heavy atom. The van der Waals surface area contributed by atoms with Gasteiger partial charge in [-0.1, -0.05) is 35.5 Å². The first-order chi connectivity index (χ1) is 10.6. The van der Waals surface area contributed by atoms with E-state index in [0.717, 1.165) is 10.4 Å². The van der Waals surface area contributed by atoms with Crippen molar-refractivity contribution in [2.75, 3.05) is 0 Å². The van der Waals surface area contributed by atoms with E-state index in [2.05, 4.69) is 10.3 Å². The van der Waals surface area contributed by atoms with Crippen LogP contribution in [-0.4, -0.2) is 26.1 Å². The first kappa shape index (κ1) is 14.4. The molecule has 0 saturated heterocycles. The molecule has 0 aliphatic heterocycles. The number of hydrogen-bond acceptors (Lipinski definition) is 5. The quantitative estimate of drug-likeness (QED) is 0.781. The van der Waals surface area contributed by atoms with Crippen LogP contribution in [0.5, 0.6) is 0 Å². The van der Waals surface area contributed by atoms with Crippen molar-refractivity contribution in [3.8, 4) is 10.4 Å². The lowest BCUT2D eigenvalue weighted by Crippen LogP contribution is -2.24. The van der Waals surface area contributed by atoms with Crippen LogP contribution in [0.4, 0.5) is 0 Å². The summed E-state index contributed by atoms with van der Waals surface area (Å²) in [6.07, 6.45) is 0.357. The standard InChI is InChI=1S/C15H13N3O3S/c19-13(20)7-4-8-18-15(21)11-9-12(22-14(11)16-17-18)10-5-2-1-3-6-10/h1-3,5-6,9H,4,7-8H2,(H,19,20). The second-order valence-corrected chi connectivity index (χ2v) is 5.84. The van der Waals surface area contributed by atoms with E-state index in [1.54, 1.807) is 0 Å². The molecule has 0 spiro atoms. The van der Waals surface area contributed by atoms with Gasteiger partial charge in [-0.25, -0.2) is 4.68 Å². The number of nitrogens with zero attached hydrogens (tertiary/aromatic N) is 3. The van der Waals surface area contributed by atoms with Crippen LogP contribution in [0.15, 0.2) is 41.2 Å². The number of fused-ring (bicyclic) bond motifs is 1. The van der Waals surface area contributed by atoms with Crippen molar-refractivity contribution < 1.29 is 9.90 Å². The maximum absolute atomic E-state index is 12.4. The Morgan fingerprint density at radius 3 is 2.77 bits per heavy atom. The van der Waals surface area contributed by atoms with Gasteiger partial charge in [0.2, 0.25) is 0 Å². The normalized spacial score (nSPS) is 10.9. The minimum atomic E-state index is -0.885. The van der Waals surface area contributed by atoms with E-state index in [0.29, 0.717) is 16.6 Å². The number of aryl methyl sites for hydroxylation is 1. The molecule has 0 aliphatic carbocycles. The van der Waals surface area contributed by atoms with Crippen LogP contribution in [-0.2, 0) is 11.3 Å². The van der Waals surface area contributed by atoms with Gasteiger partial charge in [-0.15, -0.1) is 16.4 Å². The summed E-state index contributed by atoms with van der Waals surface area (Å²) in [4.78, 5) is 24.5. The Bertz CT molecular complexity index is 871. The van der Waals surface area contributed by atoms with E-state index < -0.39 is 5.97 Å². The molecule has 0 aliphatic rings. The summed E-state index contributed by atoms with van der Waals surface area (Å²) < 4.78 is 1.23. The number of thiophene rings is 1. The van der Waals surface area contributed by atoms with Gasteiger partial charge < -0.3 is 5.11 Å². The second-order valence-electron chi connectivity index (χ2n) is 4.81. The van der Waals surface area contributed by atoms with Crippen molar-refractivity contribution in [3.05, 3.63) is 46.8 Å².